The van der Waals surface area contributed by atoms with Crippen molar-refractivity contribution in [3.8, 4) is 0 Å². The minimum absolute atomic E-state index is 0.0454. The lowest BCUT2D eigenvalue weighted by Gasteiger charge is -2.25. The minimum Gasteiger partial charge on any atom is -0.444 e. The fourth-order valence-electron chi connectivity index (χ4n) is 3.22. The van der Waals surface area contributed by atoms with Gasteiger partial charge in [0.05, 0.1) is 33.2 Å². The molecule has 29 heavy (non-hydrogen) atoms. The molecule has 0 spiro atoms. The number of carbonyl (C=O) groups is 1. The first-order chi connectivity index (χ1) is 13.5. The zero-order chi connectivity index (χ0) is 21.5. The lowest BCUT2D eigenvalue weighted by molar-refractivity contribution is 0.0293. The van der Waals surface area contributed by atoms with Gasteiger partial charge in [-0.3, -0.25) is 0 Å². The Hall–Kier alpha value is -1.84. The van der Waals surface area contributed by atoms with Crippen LogP contribution in [0.25, 0.3) is 10.9 Å². The van der Waals surface area contributed by atoms with Crippen LogP contribution in [0.5, 0.6) is 0 Å². The lowest BCUT2D eigenvalue weighted by atomic mass is 10.1. The molecule has 1 atom stereocenters. The van der Waals surface area contributed by atoms with E-state index in [1.807, 2.05) is 20.8 Å². The average Bonchev–Trinajstić information content (AvgIpc) is 3.10. The van der Waals surface area contributed by atoms with E-state index in [9.17, 15) is 14.3 Å². The van der Waals surface area contributed by atoms with Crippen molar-refractivity contribution in [1.29, 1.82) is 0 Å². The standard InChI is InChI=1S/C19H23BrClFN4O3/c1-19(2,3)29-18(28)26-5-4-9(7-26)24-17-10-6-11(21)13(20)14(22)16(10)25-12(8-27)15(17)23/h6,9,27H,4-5,7-8,23H2,1-3H3,(H,24,25). The number of aromatic nitrogens is 1. The monoisotopic (exact) mass is 488 g/mol. The van der Waals surface area contributed by atoms with Crippen LogP contribution in [0.3, 0.4) is 0 Å². The minimum atomic E-state index is -0.632. The number of hydrogen-bond donors (Lipinski definition) is 3. The van der Waals surface area contributed by atoms with Gasteiger partial charge in [-0.15, -0.1) is 0 Å². The molecule has 0 aliphatic carbocycles. The van der Waals surface area contributed by atoms with Crippen molar-refractivity contribution < 1.29 is 19.0 Å². The lowest BCUT2D eigenvalue weighted by Crippen LogP contribution is -2.36. The first-order valence-corrected chi connectivity index (χ1v) is 10.3. The molecule has 2 aromatic rings. The van der Waals surface area contributed by atoms with Crippen molar-refractivity contribution >= 4 is 55.9 Å². The van der Waals surface area contributed by atoms with Gasteiger partial charge in [-0.25, -0.2) is 14.2 Å². The number of nitrogens with zero attached hydrogens (tertiary/aromatic N) is 2. The summed E-state index contributed by atoms with van der Waals surface area (Å²) in [5, 5.41) is 13.5. The highest BCUT2D eigenvalue weighted by atomic mass is 79.9. The van der Waals surface area contributed by atoms with Gasteiger partial charge in [0.25, 0.3) is 0 Å². The van der Waals surface area contributed by atoms with E-state index in [0.717, 1.165) is 0 Å². The molecule has 1 aromatic heterocycles. The molecule has 0 saturated carbocycles. The molecule has 1 fully saturated rings. The summed E-state index contributed by atoms with van der Waals surface area (Å²) in [6, 6.07) is 1.43. The summed E-state index contributed by atoms with van der Waals surface area (Å²) >= 11 is 9.24. The second kappa shape index (κ2) is 8.12. The molecule has 1 aliphatic heterocycles. The fraction of sp³-hybridized carbons (Fsp3) is 0.474. The van der Waals surface area contributed by atoms with Crippen LogP contribution in [0.4, 0.5) is 20.6 Å². The van der Waals surface area contributed by atoms with Crippen molar-refractivity contribution in [1.82, 2.24) is 9.88 Å². The molecule has 158 valence electrons. The largest absolute Gasteiger partial charge is 0.444 e. The van der Waals surface area contributed by atoms with Gasteiger partial charge >= 0.3 is 6.09 Å². The third-order valence-electron chi connectivity index (χ3n) is 4.57. The molecule has 1 amide bonds. The van der Waals surface area contributed by atoms with Crippen LogP contribution in [-0.2, 0) is 11.3 Å². The van der Waals surface area contributed by atoms with Gasteiger partial charge in [0.15, 0.2) is 5.82 Å². The van der Waals surface area contributed by atoms with Crippen LogP contribution in [0, 0.1) is 5.82 Å². The second-order valence-corrected chi connectivity index (χ2v) is 9.14. The molecule has 2 heterocycles. The molecule has 7 nitrogen and oxygen atoms in total. The van der Waals surface area contributed by atoms with E-state index in [4.69, 9.17) is 22.1 Å². The zero-order valence-corrected chi connectivity index (χ0v) is 18.7. The molecule has 1 unspecified atom stereocenters. The van der Waals surface area contributed by atoms with E-state index < -0.39 is 18.0 Å². The zero-order valence-electron chi connectivity index (χ0n) is 16.4. The van der Waals surface area contributed by atoms with Crippen molar-refractivity contribution in [3.05, 3.63) is 27.1 Å². The normalized spacial score (nSPS) is 17.1. The number of rotatable bonds is 3. The molecule has 1 aliphatic rings. The first-order valence-electron chi connectivity index (χ1n) is 9.12. The number of halogens is 3. The number of likely N-dealkylation sites (tertiary alicyclic amines) is 1. The van der Waals surface area contributed by atoms with E-state index >= 15 is 0 Å². The van der Waals surface area contributed by atoms with Gasteiger partial charge in [0.1, 0.15) is 11.1 Å². The molecule has 10 heteroatoms. The number of amides is 1. The second-order valence-electron chi connectivity index (χ2n) is 7.94. The summed E-state index contributed by atoms with van der Waals surface area (Å²) < 4.78 is 20.2. The fourth-order valence-corrected chi connectivity index (χ4v) is 3.71. The van der Waals surface area contributed by atoms with Gasteiger partial charge in [0, 0.05) is 24.5 Å². The molecule has 4 N–H and O–H groups in total. The Labute approximate surface area is 181 Å². The summed E-state index contributed by atoms with van der Waals surface area (Å²) in [6.07, 6.45) is 0.271. The molecule has 3 rings (SSSR count). The SMILES string of the molecule is CC(C)(C)OC(=O)N1CCC(Nc2c(N)c(CO)nc3c(F)c(Br)c(Cl)cc23)C1. The molecule has 0 bridgehead atoms. The number of pyridine rings is 1. The summed E-state index contributed by atoms with van der Waals surface area (Å²) in [7, 11) is 0. The van der Waals surface area contributed by atoms with Gasteiger partial charge in [-0.1, -0.05) is 11.6 Å². The van der Waals surface area contributed by atoms with E-state index in [1.54, 1.807) is 11.0 Å². The Kier molecular flexibility index (Phi) is 6.12. The Morgan fingerprint density at radius 2 is 2.24 bits per heavy atom. The third kappa shape index (κ3) is 4.51. The quantitative estimate of drug-likeness (QED) is 0.556. The maximum absolute atomic E-state index is 14.7. The third-order valence-corrected chi connectivity index (χ3v) is 5.87. The van der Waals surface area contributed by atoms with Crippen LogP contribution < -0.4 is 11.1 Å². The van der Waals surface area contributed by atoms with Gasteiger partial charge < -0.3 is 25.8 Å². The summed E-state index contributed by atoms with van der Waals surface area (Å²) in [4.78, 5) is 18.1. The Morgan fingerprint density at radius 1 is 1.55 bits per heavy atom. The predicted molar refractivity (Wildman–Crippen MR) is 115 cm³/mol. The number of anilines is 2. The number of ether oxygens (including phenoxy) is 1. The Balaban J connectivity index is 1.92. The number of nitrogens with two attached hydrogens (primary N) is 1. The van der Waals surface area contributed by atoms with E-state index in [1.165, 1.54) is 0 Å². The highest BCUT2D eigenvalue weighted by molar-refractivity contribution is 9.10. The van der Waals surface area contributed by atoms with Crippen molar-refractivity contribution in [2.24, 2.45) is 0 Å². The Morgan fingerprint density at radius 3 is 2.86 bits per heavy atom. The average molecular weight is 490 g/mol. The Bertz CT molecular complexity index is 967. The smallest absolute Gasteiger partial charge is 0.410 e. The molecular weight excluding hydrogens is 467 g/mol. The summed E-state index contributed by atoms with van der Waals surface area (Å²) in [5.41, 5.74) is 6.47. The number of hydrogen-bond acceptors (Lipinski definition) is 6. The van der Waals surface area contributed by atoms with Crippen molar-refractivity contribution in [2.75, 3.05) is 24.1 Å². The highest BCUT2D eigenvalue weighted by Crippen LogP contribution is 2.39. The van der Waals surface area contributed by atoms with Crippen LogP contribution in [0.2, 0.25) is 5.02 Å². The maximum atomic E-state index is 14.7. The van der Waals surface area contributed by atoms with E-state index in [-0.39, 0.29) is 38.5 Å². The first kappa shape index (κ1) is 21.9. The van der Waals surface area contributed by atoms with Crippen molar-refractivity contribution in [3.63, 3.8) is 0 Å². The molecule has 0 radical (unpaired) electrons. The topological polar surface area (TPSA) is 101 Å². The predicted octanol–water partition coefficient (Wildman–Crippen LogP) is 4.29. The molecule has 1 aromatic carbocycles. The van der Waals surface area contributed by atoms with E-state index in [0.29, 0.717) is 30.6 Å². The number of carbonyl (C=O) groups excluding carboxylic acids is 1. The van der Waals surface area contributed by atoms with Crippen LogP contribution in [0.1, 0.15) is 32.9 Å². The number of benzene rings is 1. The van der Waals surface area contributed by atoms with Gasteiger partial charge in [-0.2, -0.15) is 0 Å². The van der Waals surface area contributed by atoms with E-state index in [2.05, 4.69) is 26.2 Å². The molecule has 1 saturated heterocycles. The molecular formula is C19H23BrClFN4O3. The highest BCUT2D eigenvalue weighted by Gasteiger charge is 2.31. The number of nitrogen functional groups attached to an aromatic ring is 1. The number of fused-ring (bicyclic) bond motifs is 1. The van der Waals surface area contributed by atoms with Gasteiger partial charge in [0.2, 0.25) is 0 Å². The maximum Gasteiger partial charge on any atom is 0.410 e. The number of aliphatic hydroxyl groups is 1. The number of nitrogens with one attached hydrogen (secondary N) is 1. The van der Waals surface area contributed by atoms with Crippen LogP contribution in [-0.4, -0.2) is 45.8 Å². The van der Waals surface area contributed by atoms with Crippen LogP contribution in [0.15, 0.2) is 10.5 Å². The van der Waals surface area contributed by atoms with Crippen molar-refractivity contribution in [2.45, 2.75) is 45.4 Å². The van der Waals surface area contributed by atoms with Gasteiger partial charge in [-0.05, 0) is 49.2 Å². The number of aliphatic hydroxyl groups excluding tert-OH is 1. The summed E-state index contributed by atoms with van der Waals surface area (Å²) in [5.74, 6) is -0.632. The summed E-state index contributed by atoms with van der Waals surface area (Å²) in [6.45, 7) is 5.92. The van der Waals surface area contributed by atoms with Crippen LogP contribution >= 0.6 is 27.5 Å².